The topological polar surface area (TPSA) is 97.4 Å². The molecule has 0 spiro atoms. The van der Waals surface area contributed by atoms with E-state index in [1.807, 2.05) is 24.3 Å². The summed E-state index contributed by atoms with van der Waals surface area (Å²) in [4.78, 5) is 23.6. The summed E-state index contributed by atoms with van der Waals surface area (Å²) in [6, 6.07) is 7.14. The molecule has 2 atom stereocenters. The first-order chi connectivity index (χ1) is 13.4. The standard InChI is InChI=1S/C21H29NO6/c1-21(13-28-21)19(23)18(22-20(24)25)11-14-3-9-17(10-4-14)27-12-15-5-7-16(26-2)8-6-15/h5-8,14,17-18,22H,3-4,9-13H2,1-2H3,(H,24,25)/t14?,17?,18-,21+/m0/s1. The molecule has 154 valence electrons. The molecular formula is C21H29NO6. The van der Waals surface area contributed by atoms with Crippen molar-refractivity contribution >= 4 is 11.9 Å². The molecule has 28 heavy (non-hydrogen) atoms. The monoisotopic (exact) mass is 391 g/mol. The minimum absolute atomic E-state index is 0.159. The number of carbonyl (C=O) groups is 2. The summed E-state index contributed by atoms with van der Waals surface area (Å²) >= 11 is 0. The fraction of sp³-hybridized carbons (Fsp3) is 0.619. The smallest absolute Gasteiger partial charge is 0.405 e. The molecule has 1 amide bonds. The third-order valence-corrected chi connectivity index (χ3v) is 5.72. The average Bonchev–Trinajstić information content (AvgIpc) is 3.45. The lowest BCUT2D eigenvalue weighted by molar-refractivity contribution is -0.126. The van der Waals surface area contributed by atoms with Crippen LogP contribution in [0.3, 0.4) is 0 Å². The van der Waals surface area contributed by atoms with Crippen LogP contribution in [-0.2, 0) is 20.9 Å². The molecule has 0 unspecified atom stereocenters. The van der Waals surface area contributed by atoms with Gasteiger partial charge in [-0.1, -0.05) is 12.1 Å². The number of ketones is 1. The Labute approximate surface area is 165 Å². The number of hydrogen-bond acceptors (Lipinski definition) is 5. The molecule has 0 radical (unpaired) electrons. The zero-order valence-corrected chi connectivity index (χ0v) is 16.5. The summed E-state index contributed by atoms with van der Waals surface area (Å²) < 4.78 is 16.4. The first-order valence-electron chi connectivity index (χ1n) is 9.82. The number of epoxide rings is 1. The van der Waals surface area contributed by atoms with E-state index in [1.54, 1.807) is 14.0 Å². The normalized spacial score (nSPS) is 27.6. The van der Waals surface area contributed by atoms with E-state index in [0.29, 0.717) is 25.6 Å². The van der Waals surface area contributed by atoms with E-state index in [4.69, 9.17) is 19.3 Å². The largest absolute Gasteiger partial charge is 0.497 e. The molecule has 2 fully saturated rings. The quantitative estimate of drug-likeness (QED) is 0.628. The Balaban J connectivity index is 1.44. The van der Waals surface area contributed by atoms with Crippen molar-refractivity contribution in [2.45, 2.75) is 63.4 Å². The number of nitrogens with one attached hydrogen (secondary N) is 1. The first kappa shape index (κ1) is 20.6. The zero-order valence-electron chi connectivity index (χ0n) is 16.5. The van der Waals surface area contributed by atoms with Gasteiger partial charge in [0.15, 0.2) is 5.78 Å². The summed E-state index contributed by atoms with van der Waals surface area (Å²) in [6.07, 6.45) is 3.25. The van der Waals surface area contributed by atoms with Gasteiger partial charge in [0.2, 0.25) is 0 Å². The Morgan fingerprint density at radius 1 is 1.25 bits per heavy atom. The molecule has 0 aromatic heterocycles. The predicted molar refractivity (Wildman–Crippen MR) is 102 cm³/mol. The molecule has 1 heterocycles. The van der Waals surface area contributed by atoms with Gasteiger partial charge >= 0.3 is 6.09 Å². The van der Waals surface area contributed by atoms with Crippen LogP contribution >= 0.6 is 0 Å². The van der Waals surface area contributed by atoms with Gasteiger partial charge in [0, 0.05) is 0 Å². The minimum atomic E-state index is -1.17. The van der Waals surface area contributed by atoms with Crippen molar-refractivity contribution in [1.29, 1.82) is 0 Å². The van der Waals surface area contributed by atoms with Gasteiger partial charge in [-0.2, -0.15) is 0 Å². The highest BCUT2D eigenvalue weighted by Gasteiger charge is 2.50. The number of amides is 1. The number of methoxy groups -OCH3 is 1. The van der Waals surface area contributed by atoms with Gasteiger partial charge in [0.05, 0.1) is 32.5 Å². The van der Waals surface area contributed by atoms with Crippen molar-refractivity contribution < 1.29 is 28.9 Å². The number of Topliss-reactive ketones (excluding diaryl/α,β-unsaturated/α-hetero) is 1. The molecule has 2 aliphatic rings. The number of hydrogen-bond donors (Lipinski definition) is 2. The van der Waals surface area contributed by atoms with Crippen LogP contribution in [-0.4, -0.2) is 48.4 Å². The van der Waals surface area contributed by atoms with Crippen LogP contribution in [0.25, 0.3) is 0 Å². The van der Waals surface area contributed by atoms with Crippen molar-refractivity contribution in [2.75, 3.05) is 13.7 Å². The van der Waals surface area contributed by atoms with Crippen LogP contribution in [0.15, 0.2) is 24.3 Å². The second kappa shape index (κ2) is 8.92. The van der Waals surface area contributed by atoms with E-state index in [2.05, 4.69) is 5.32 Å². The van der Waals surface area contributed by atoms with Crippen LogP contribution in [0.2, 0.25) is 0 Å². The molecule has 7 heteroatoms. The molecule has 1 aromatic carbocycles. The second-order valence-electron chi connectivity index (χ2n) is 7.92. The van der Waals surface area contributed by atoms with Crippen LogP contribution in [0, 0.1) is 5.92 Å². The lowest BCUT2D eigenvalue weighted by Crippen LogP contribution is -2.47. The van der Waals surface area contributed by atoms with E-state index >= 15 is 0 Å². The van der Waals surface area contributed by atoms with E-state index < -0.39 is 17.7 Å². The fourth-order valence-corrected chi connectivity index (χ4v) is 3.80. The zero-order chi connectivity index (χ0) is 20.1. The van der Waals surface area contributed by atoms with Gasteiger partial charge in [-0.05, 0) is 62.6 Å². The van der Waals surface area contributed by atoms with E-state index in [-0.39, 0.29) is 11.9 Å². The highest BCUT2D eigenvalue weighted by Crippen LogP contribution is 2.34. The van der Waals surface area contributed by atoms with Gasteiger partial charge in [-0.25, -0.2) is 4.79 Å². The van der Waals surface area contributed by atoms with Crippen LogP contribution in [0.1, 0.15) is 44.6 Å². The van der Waals surface area contributed by atoms with E-state index in [9.17, 15) is 9.59 Å². The Kier molecular flexibility index (Phi) is 6.57. The number of rotatable bonds is 9. The maximum atomic E-state index is 12.5. The molecule has 0 bridgehead atoms. The lowest BCUT2D eigenvalue weighted by Gasteiger charge is -2.31. The van der Waals surface area contributed by atoms with Gasteiger partial charge < -0.3 is 24.6 Å². The Bertz CT molecular complexity index is 677. The van der Waals surface area contributed by atoms with Crippen molar-refractivity contribution in [3.63, 3.8) is 0 Å². The van der Waals surface area contributed by atoms with E-state index in [1.165, 1.54) is 0 Å². The third kappa shape index (κ3) is 5.45. The Morgan fingerprint density at radius 3 is 2.43 bits per heavy atom. The van der Waals surface area contributed by atoms with E-state index in [0.717, 1.165) is 37.0 Å². The minimum Gasteiger partial charge on any atom is -0.497 e. The Hall–Kier alpha value is -2.12. The van der Waals surface area contributed by atoms with Gasteiger partial charge in [-0.15, -0.1) is 0 Å². The van der Waals surface area contributed by atoms with Gasteiger partial charge in [0.25, 0.3) is 0 Å². The van der Waals surface area contributed by atoms with Gasteiger partial charge in [-0.3, -0.25) is 4.79 Å². The van der Waals surface area contributed by atoms with Crippen molar-refractivity contribution in [3.05, 3.63) is 29.8 Å². The second-order valence-corrected chi connectivity index (χ2v) is 7.92. The van der Waals surface area contributed by atoms with Crippen LogP contribution < -0.4 is 10.1 Å². The summed E-state index contributed by atoms with van der Waals surface area (Å²) in [5.41, 5.74) is 0.295. The number of benzene rings is 1. The highest BCUT2D eigenvalue weighted by atomic mass is 16.6. The van der Waals surface area contributed by atoms with Crippen LogP contribution in [0.4, 0.5) is 4.79 Å². The summed E-state index contributed by atoms with van der Waals surface area (Å²) in [5.74, 6) is 0.977. The Morgan fingerprint density at radius 2 is 1.89 bits per heavy atom. The highest BCUT2D eigenvalue weighted by molar-refractivity contribution is 5.95. The van der Waals surface area contributed by atoms with Gasteiger partial charge in [0.1, 0.15) is 11.4 Å². The van der Waals surface area contributed by atoms with Crippen molar-refractivity contribution in [2.24, 2.45) is 5.92 Å². The number of ether oxygens (including phenoxy) is 3. The van der Waals surface area contributed by atoms with Crippen molar-refractivity contribution in [3.8, 4) is 5.75 Å². The molecule has 1 aliphatic heterocycles. The first-order valence-corrected chi connectivity index (χ1v) is 9.82. The molecule has 7 nitrogen and oxygen atoms in total. The molecule has 1 saturated heterocycles. The fourth-order valence-electron chi connectivity index (χ4n) is 3.80. The maximum Gasteiger partial charge on any atom is 0.405 e. The summed E-state index contributed by atoms with van der Waals surface area (Å²) in [7, 11) is 1.64. The maximum absolute atomic E-state index is 12.5. The van der Waals surface area contributed by atoms with Crippen LogP contribution in [0.5, 0.6) is 5.75 Å². The number of carboxylic acid groups (broad SMARTS) is 1. The molecule has 1 saturated carbocycles. The predicted octanol–water partition coefficient (Wildman–Crippen LogP) is 3.15. The average molecular weight is 391 g/mol. The molecular weight excluding hydrogens is 362 g/mol. The number of carbonyl (C=O) groups excluding carboxylic acids is 1. The van der Waals surface area contributed by atoms with Crippen molar-refractivity contribution in [1.82, 2.24) is 5.32 Å². The SMILES string of the molecule is COc1ccc(COC2CCC(C[C@H](NC(=O)O)C(=O)[C@@]3(C)CO3)CC2)cc1. The summed E-state index contributed by atoms with van der Waals surface area (Å²) in [5, 5.41) is 11.5. The summed E-state index contributed by atoms with van der Waals surface area (Å²) in [6.45, 7) is 2.65. The molecule has 1 aromatic rings. The molecule has 2 N–H and O–H groups in total. The third-order valence-electron chi connectivity index (χ3n) is 5.72. The molecule has 1 aliphatic carbocycles. The molecule has 3 rings (SSSR count). The lowest BCUT2D eigenvalue weighted by atomic mass is 9.81.